The zero-order chi connectivity index (χ0) is 12.2. The Balaban J connectivity index is 3.18. The Kier molecular flexibility index (Phi) is 3.98. The van der Waals surface area contributed by atoms with Crippen molar-refractivity contribution in [3.63, 3.8) is 0 Å². The smallest absolute Gasteiger partial charge is 0.317 e. The van der Waals surface area contributed by atoms with E-state index >= 15 is 0 Å². The van der Waals surface area contributed by atoms with Crippen molar-refractivity contribution >= 4 is 5.97 Å². The second kappa shape index (κ2) is 5.05. The highest BCUT2D eigenvalue weighted by Gasteiger charge is 2.39. The van der Waals surface area contributed by atoms with E-state index in [0.29, 0.717) is 5.56 Å². The molecule has 5 heteroatoms. The lowest BCUT2D eigenvalue weighted by atomic mass is 9.81. The predicted molar refractivity (Wildman–Crippen MR) is 56.6 cm³/mol. The molecular formula is C11H14FNO3. The molecule has 1 aromatic rings. The number of hydrogen-bond acceptors (Lipinski definition) is 3. The zero-order valence-electron chi connectivity index (χ0n) is 8.94. The summed E-state index contributed by atoms with van der Waals surface area (Å²) < 4.78 is 17.6. The first-order valence-electron chi connectivity index (χ1n) is 4.75. The number of carbonyl (C=O) groups is 1. The summed E-state index contributed by atoms with van der Waals surface area (Å²) in [6.07, 6.45) is 0. The largest absolute Gasteiger partial charge is 0.480 e. The lowest BCUT2D eigenvalue weighted by Gasteiger charge is -2.27. The Bertz CT molecular complexity index is 366. The fourth-order valence-corrected chi connectivity index (χ4v) is 1.55. The van der Waals surface area contributed by atoms with Crippen molar-refractivity contribution in [2.24, 2.45) is 5.73 Å². The average molecular weight is 227 g/mol. The highest BCUT2D eigenvalue weighted by atomic mass is 19.1. The molecule has 3 N–H and O–H groups in total. The van der Waals surface area contributed by atoms with Gasteiger partial charge in [0.15, 0.2) is 0 Å². The van der Waals surface area contributed by atoms with Crippen molar-refractivity contribution in [2.75, 3.05) is 20.3 Å². The summed E-state index contributed by atoms with van der Waals surface area (Å²) in [5.41, 5.74) is 4.63. The molecule has 1 aromatic carbocycles. The molecule has 4 nitrogen and oxygen atoms in total. The van der Waals surface area contributed by atoms with Gasteiger partial charge in [0.25, 0.3) is 0 Å². The fourth-order valence-electron chi connectivity index (χ4n) is 1.55. The van der Waals surface area contributed by atoms with Crippen LogP contribution in [0.4, 0.5) is 4.39 Å². The molecule has 16 heavy (non-hydrogen) atoms. The minimum absolute atomic E-state index is 0.0511. The Labute approximate surface area is 92.8 Å². The van der Waals surface area contributed by atoms with Gasteiger partial charge in [-0.2, -0.15) is 0 Å². The van der Waals surface area contributed by atoms with Gasteiger partial charge in [-0.05, 0) is 17.7 Å². The third-order valence-electron chi connectivity index (χ3n) is 2.55. The van der Waals surface area contributed by atoms with Gasteiger partial charge in [0.1, 0.15) is 11.2 Å². The molecule has 0 fully saturated rings. The molecule has 0 saturated heterocycles. The van der Waals surface area contributed by atoms with Gasteiger partial charge in [0.05, 0.1) is 6.61 Å². The summed E-state index contributed by atoms with van der Waals surface area (Å²) in [4.78, 5) is 11.3. The third-order valence-corrected chi connectivity index (χ3v) is 2.55. The van der Waals surface area contributed by atoms with E-state index in [1.54, 1.807) is 0 Å². The number of aliphatic carboxylic acids is 1. The molecule has 1 rings (SSSR count). The van der Waals surface area contributed by atoms with Gasteiger partial charge in [0.2, 0.25) is 0 Å². The van der Waals surface area contributed by atoms with Crippen molar-refractivity contribution < 1.29 is 19.0 Å². The van der Waals surface area contributed by atoms with Crippen molar-refractivity contribution in [3.8, 4) is 0 Å². The van der Waals surface area contributed by atoms with E-state index in [4.69, 9.17) is 10.5 Å². The molecule has 0 aliphatic rings. The SMILES string of the molecule is COCC(CN)(C(=O)O)c1ccc(F)cc1. The number of benzene rings is 1. The minimum Gasteiger partial charge on any atom is -0.480 e. The normalized spacial score (nSPS) is 14.4. The number of carboxylic acids is 1. The second-order valence-electron chi connectivity index (χ2n) is 3.53. The fraction of sp³-hybridized carbons (Fsp3) is 0.364. The Morgan fingerprint density at radius 2 is 2.06 bits per heavy atom. The summed E-state index contributed by atoms with van der Waals surface area (Å²) in [5, 5.41) is 9.22. The van der Waals surface area contributed by atoms with Crippen LogP contribution in [0.5, 0.6) is 0 Å². The maximum absolute atomic E-state index is 12.8. The number of halogens is 1. The lowest BCUT2D eigenvalue weighted by molar-refractivity contribution is -0.145. The summed E-state index contributed by atoms with van der Waals surface area (Å²) in [7, 11) is 1.40. The van der Waals surface area contributed by atoms with Crippen LogP contribution >= 0.6 is 0 Å². The van der Waals surface area contributed by atoms with E-state index in [-0.39, 0.29) is 13.2 Å². The number of hydrogen-bond donors (Lipinski definition) is 2. The average Bonchev–Trinajstić information content (AvgIpc) is 2.27. The quantitative estimate of drug-likeness (QED) is 0.778. The monoisotopic (exact) mass is 227 g/mol. The molecule has 1 atom stereocenters. The van der Waals surface area contributed by atoms with E-state index in [2.05, 4.69) is 0 Å². The number of ether oxygens (including phenoxy) is 1. The zero-order valence-corrected chi connectivity index (χ0v) is 8.94. The minimum atomic E-state index is -1.32. The van der Waals surface area contributed by atoms with Gasteiger partial charge in [-0.3, -0.25) is 4.79 Å². The van der Waals surface area contributed by atoms with E-state index in [9.17, 15) is 14.3 Å². The summed E-state index contributed by atoms with van der Waals surface area (Å²) in [6, 6.07) is 5.24. The van der Waals surface area contributed by atoms with Gasteiger partial charge < -0.3 is 15.6 Å². The molecule has 0 heterocycles. The molecular weight excluding hydrogens is 213 g/mol. The topological polar surface area (TPSA) is 72.5 Å². The van der Waals surface area contributed by atoms with Gasteiger partial charge in [-0.25, -0.2) is 4.39 Å². The molecule has 0 spiro atoms. The summed E-state index contributed by atoms with van der Waals surface area (Å²) >= 11 is 0. The second-order valence-corrected chi connectivity index (χ2v) is 3.53. The molecule has 0 aliphatic carbocycles. The molecule has 88 valence electrons. The molecule has 0 amide bonds. The van der Waals surface area contributed by atoms with Crippen LogP contribution in [0.25, 0.3) is 0 Å². The van der Waals surface area contributed by atoms with E-state index in [1.807, 2.05) is 0 Å². The number of rotatable bonds is 5. The van der Waals surface area contributed by atoms with Crippen LogP contribution in [0.1, 0.15) is 5.56 Å². The lowest BCUT2D eigenvalue weighted by Crippen LogP contribution is -2.46. The first kappa shape index (κ1) is 12.6. The summed E-state index contributed by atoms with van der Waals surface area (Å²) in [6.45, 7) is -0.160. The van der Waals surface area contributed by atoms with Gasteiger partial charge in [-0.1, -0.05) is 12.1 Å². The molecule has 0 radical (unpaired) electrons. The van der Waals surface area contributed by atoms with Crippen molar-refractivity contribution in [3.05, 3.63) is 35.6 Å². The molecule has 0 saturated carbocycles. The standard InChI is InChI=1S/C11H14FNO3/c1-16-7-11(6-13,10(14)15)8-2-4-9(12)5-3-8/h2-5H,6-7,13H2,1H3,(H,14,15). The first-order chi connectivity index (χ1) is 7.56. The van der Waals surface area contributed by atoms with E-state index in [1.165, 1.54) is 31.4 Å². The Morgan fingerprint density at radius 1 is 1.50 bits per heavy atom. The van der Waals surface area contributed by atoms with E-state index < -0.39 is 17.2 Å². The highest BCUT2D eigenvalue weighted by molar-refractivity contribution is 5.82. The van der Waals surface area contributed by atoms with Gasteiger partial charge >= 0.3 is 5.97 Å². The maximum Gasteiger partial charge on any atom is 0.317 e. The molecule has 0 aromatic heterocycles. The predicted octanol–water partition coefficient (Wildman–Crippen LogP) is 0.753. The number of methoxy groups -OCH3 is 1. The van der Waals surface area contributed by atoms with Crippen molar-refractivity contribution in [1.82, 2.24) is 0 Å². The van der Waals surface area contributed by atoms with Gasteiger partial charge in [-0.15, -0.1) is 0 Å². The molecule has 0 aliphatic heterocycles. The van der Waals surface area contributed by atoms with Crippen molar-refractivity contribution in [1.29, 1.82) is 0 Å². The number of nitrogens with two attached hydrogens (primary N) is 1. The number of carboxylic acid groups (broad SMARTS) is 1. The molecule has 0 bridgehead atoms. The Morgan fingerprint density at radius 3 is 2.44 bits per heavy atom. The Hall–Kier alpha value is -1.46. The highest BCUT2D eigenvalue weighted by Crippen LogP contribution is 2.24. The van der Waals surface area contributed by atoms with Crippen LogP contribution in [0.2, 0.25) is 0 Å². The van der Waals surface area contributed by atoms with Crippen LogP contribution in [0.15, 0.2) is 24.3 Å². The molecule has 1 unspecified atom stereocenters. The van der Waals surface area contributed by atoms with Gasteiger partial charge in [0, 0.05) is 13.7 Å². The first-order valence-corrected chi connectivity index (χ1v) is 4.75. The van der Waals surface area contributed by atoms with E-state index in [0.717, 1.165) is 0 Å². The van der Waals surface area contributed by atoms with Crippen LogP contribution in [0, 0.1) is 5.82 Å². The summed E-state index contributed by atoms with van der Waals surface area (Å²) in [5.74, 6) is -1.50. The third kappa shape index (κ3) is 2.20. The van der Waals surface area contributed by atoms with Crippen LogP contribution in [-0.4, -0.2) is 31.3 Å². The van der Waals surface area contributed by atoms with Crippen LogP contribution < -0.4 is 5.73 Å². The van der Waals surface area contributed by atoms with Crippen molar-refractivity contribution in [2.45, 2.75) is 5.41 Å². The maximum atomic E-state index is 12.8. The van der Waals surface area contributed by atoms with Crippen LogP contribution in [0.3, 0.4) is 0 Å². The van der Waals surface area contributed by atoms with Crippen LogP contribution in [-0.2, 0) is 14.9 Å².